The zero-order chi connectivity index (χ0) is 20.5. The van der Waals surface area contributed by atoms with Crippen LogP contribution in [-0.4, -0.2) is 53.0 Å². The lowest BCUT2D eigenvalue weighted by atomic mass is 10.1. The van der Waals surface area contributed by atoms with E-state index < -0.39 is 6.29 Å². The summed E-state index contributed by atoms with van der Waals surface area (Å²) in [6.07, 6.45) is -0.762. The van der Waals surface area contributed by atoms with Crippen molar-refractivity contribution in [3.63, 3.8) is 0 Å². The third kappa shape index (κ3) is 4.20. The van der Waals surface area contributed by atoms with E-state index >= 15 is 0 Å². The molecule has 0 radical (unpaired) electrons. The summed E-state index contributed by atoms with van der Waals surface area (Å²) in [6, 6.07) is 8.48. The number of carbonyl (C=O) groups is 2. The summed E-state index contributed by atoms with van der Waals surface area (Å²) < 4.78 is 7.03. The van der Waals surface area contributed by atoms with Gasteiger partial charge in [-0.15, -0.1) is 0 Å². The molecule has 29 heavy (non-hydrogen) atoms. The van der Waals surface area contributed by atoms with E-state index in [4.69, 9.17) is 16.3 Å². The number of hydrazine groups is 1. The van der Waals surface area contributed by atoms with Gasteiger partial charge in [-0.25, -0.2) is 9.69 Å². The predicted molar refractivity (Wildman–Crippen MR) is 106 cm³/mol. The Morgan fingerprint density at radius 2 is 2.14 bits per heavy atom. The summed E-state index contributed by atoms with van der Waals surface area (Å²) in [6.45, 7) is 2.21. The monoisotopic (exact) mass is 419 g/mol. The van der Waals surface area contributed by atoms with Crippen molar-refractivity contribution in [3.05, 3.63) is 41.0 Å². The third-order valence-corrected chi connectivity index (χ3v) is 5.11. The Morgan fingerprint density at radius 3 is 2.90 bits per heavy atom. The topological polar surface area (TPSA) is 113 Å². The number of hydrogen-bond acceptors (Lipinski definition) is 7. The van der Waals surface area contributed by atoms with Gasteiger partial charge >= 0.3 is 0 Å². The number of rotatable bonds is 5. The minimum atomic E-state index is -0.590. The highest BCUT2D eigenvalue weighted by Crippen LogP contribution is 2.23. The van der Waals surface area contributed by atoms with Crippen molar-refractivity contribution >= 4 is 29.2 Å². The van der Waals surface area contributed by atoms with E-state index in [-0.39, 0.29) is 30.5 Å². The molecular weight excluding hydrogens is 398 g/mol. The Balaban J connectivity index is 1.43. The summed E-state index contributed by atoms with van der Waals surface area (Å²) >= 11 is 5.84. The van der Waals surface area contributed by atoms with Gasteiger partial charge in [0.05, 0.1) is 17.8 Å². The number of fused-ring (bicyclic) bond motifs is 1. The summed E-state index contributed by atoms with van der Waals surface area (Å²) in [4.78, 5) is 24.8. The van der Waals surface area contributed by atoms with Gasteiger partial charge in [-0.3, -0.25) is 20.3 Å². The lowest BCUT2D eigenvalue weighted by molar-refractivity contribution is -0.131. The summed E-state index contributed by atoms with van der Waals surface area (Å²) in [5, 5.41) is 15.9. The summed E-state index contributed by atoms with van der Waals surface area (Å²) in [5.41, 5.74) is 3.84. The zero-order valence-corrected chi connectivity index (χ0v) is 16.7. The molecule has 0 saturated carbocycles. The van der Waals surface area contributed by atoms with Crippen molar-refractivity contribution in [2.24, 2.45) is 5.92 Å². The van der Waals surface area contributed by atoms with E-state index in [9.17, 15) is 9.59 Å². The molecule has 2 fully saturated rings. The fourth-order valence-corrected chi connectivity index (χ4v) is 3.55. The van der Waals surface area contributed by atoms with E-state index in [1.807, 2.05) is 19.0 Å². The first kappa shape index (κ1) is 19.6. The van der Waals surface area contributed by atoms with E-state index in [1.165, 1.54) is 0 Å². The average molecular weight is 420 g/mol. The molecular formula is C18H22ClN7O3. The fraction of sp³-hybridized carbons (Fsp3) is 0.389. The molecule has 2 aromatic rings. The van der Waals surface area contributed by atoms with Gasteiger partial charge in [0.25, 0.3) is 5.91 Å². The first-order chi connectivity index (χ1) is 13.9. The molecule has 0 bridgehead atoms. The molecule has 2 aliphatic rings. The van der Waals surface area contributed by atoms with Crippen LogP contribution in [0.1, 0.15) is 12.0 Å². The van der Waals surface area contributed by atoms with Gasteiger partial charge in [-0.05, 0) is 31.2 Å². The van der Waals surface area contributed by atoms with Crippen LogP contribution in [0.4, 0.5) is 5.82 Å². The number of nitrogens with zero attached hydrogens (tertiary/aromatic N) is 3. The lowest BCUT2D eigenvalue weighted by Gasteiger charge is -2.35. The molecule has 3 atom stereocenters. The number of ether oxygens (including phenoxy) is 1. The van der Waals surface area contributed by atoms with Gasteiger partial charge in [0.2, 0.25) is 5.91 Å². The second-order valence-electron chi connectivity index (χ2n) is 7.01. The Kier molecular flexibility index (Phi) is 5.41. The van der Waals surface area contributed by atoms with E-state index in [2.05, 4.69) is 26.5 Å². The molecule has 2 aliphatic heterocycles. The Morgan fingerprint density at radius 1 is 1.38 bits per heavy atom. The largest absolute Gasteiger partial charge is 0.484 e. The van der Waals surface area contributed by atoms with Crippen LogP contribution in [0, 0.1) is 12.8 Å². The average Bonchev–Trinajstić information content (AvgIpc) is 3.24. The van der Waals surface area contributed by atoms with Crippen molar-refractivity contribution in [2.45, 2.75) is 19.4 Å². The third-order valence-electron chi connectivity index (χ3n) is 4.86. The minimum Gasteiger partial charge on any atom is -0.484 e. The van der Waals surface area contributed by atoms with Crippen molar-refractivity contribution in [1.82, 2.24) is 30.8 Å². The molecule has 0 aliphatic carbocycles. The maximum atomic E-state index is 12.5. The number of anilines is 1. The van der Waals surface area contributed by atoms with Crippen molar-refractivity contribution in [3.8, 4) is 5.75 Å². The second kappa shape index (κ2) is 7.99. The van der Waals surface area contributed by atoms with Crippen molar-refractivity contribution in [2.75, 3.05) is 25.5 Å². The molecule has 2 saturated heterocycles. The molecule has 11 heteroatoms. The van der Waals surface area contributed by atoms with Crippen LogP contribution in [0.15, 0.2) is 30.3 Å². The molecule has 4 rings (SSSR count). The molecule has 0 spiro atoms. The van der Waals surface area contributed by atoms with Crippen molar-refractivity contribution < 1.29 is 14.3 Å². The highest BCUT2D eigenvalue weighted by molar-refractivity contribution is 6.30. The Labute approximate surface area is 172 Å². The zero-order valence-electron chi connectivity index (χ0n) is 16.0. The van der Waals surface area contributed by atoms with E-state index in [0.717, 1.165) is 0 Å². The van der Waals surface area contributed by atoms with Gasteiger partial charge in [0.1, 0.15) is 11.6 Å². The minimum absolute atomic E-state index is 0.0768. The van der Waals surface area contributed by atoms with Gasteiger partial charge in [0, 0.05) is 24.7 Å². The number of halogens is 1. The number of benzene rings is 1. The lowest BCUT2D eigenvalue weighted by Crippen LogP contribution is -2.61. The number of aryl methyl sites for hydroxylation is 1. The van der Waals surface area contributed by atoms with Crippen molar-refractivity contribution in [1.29, 1.82) is 0 Å². The maximum Gasteiger partial charge on any atom is 0.263 e. The Bertz CT molecular complexity index is 917. The van der Waals surface area contributed by atoms with Gasteiger partial charge in [-0.2, -0.15) is 5.10 Å². The van der Waals surface area contributed by atoms with Gasteiger partial charge < -0.3 is 15.4 Å². The standard InChI is InChI=1S/C18H22ClN7O3/c1-10-7-14(21-15(27)9-29-12-5-3-11(19)4-6-12)26(24-10)18-22-16-13(17(28)23-18)8-20-25(16)2/h3-7,13,16,18,20,22H,8-9H2,1-2H3,(H,21,27)(H,23,28). The Hall–Kier alpha value is -2.66. The molecule has 1 aromatic heterocycles. The number of aromatic nitrogens is 2. The number of amides is 2. The summed E-state index contributed by atoms with van der Waals surface area (Å²) in [5.74, 6) is 0.377. The number of carbonyl (C=O) groups excluding carboxylic acids is 2. The second-order valence-corrected chi connectivity index (χ2v) is 7.45. The first-order valence-corrected chi connectivity index (χ1v) is 9.55. The maximum absolute atomic E-state index is 12.5. The summed E-state index contributed by atoms with van der Waals surface area (Å²) in [7, 11) is 1.87. The first-order valence-electron chi connectivity index (χ1n) is 9.18. The molecule has 3 heterocycles. The van der Waals surface area contributed by atoms with E-state index in [0.29, 0.717) is 28.8 Å². The molecule has 10 nitrogen and oxygen atoms in total. The predicted octanol–water partition coefficient (Wildman–Crippen LogP) is 0.430. The number of hydrogen-bond donors (Lipinski definition) is 4. The van der Waals surface area contributed by atoms with Crippen LogP contribution in [0.3, 0.4) is 0 Å². The fourth-order valence-electron chi connectivity index (χ4n) is 3.43. The van der Waals surface area contributed by atoms with Crippen LogP contribution in [-0.2, 0) is 9.59 Å². The highest BCUT2D eigenvalue weighted by atomic mass is 35.5. The van der Waals surface area contributed by atoms with Crippen LogP contribution in [0.5, 0.6) is 5.75 Å². The SMILES string of the molecule is Cc1cc(NC(=O)COc2ccc(Cl)cc2)n(C2NC(=O)C3CNN(C)C3N2)n1. The van der Waals surface area contributed by atoms with Crippen LogP contribution in [0.25, 0.3) is 0 Å². The van der Waals surface area contributed by atoms with Crippen LogP contribution >= 0.6 is 11.6 Å². The molecule has 154 valence electrons. The van der Waals surface area contributed by atoms with Gasteiger partial charge in [0.15, 0.2) is 12.9 Å². The molecule has 4 N–H and O–H groups in total. The number of nitrogens with one attached hydrogen (secondary N) is 4. The molecule has 1 aromatic carbocycles. The molecule has 2 amide bonds. The highest BCUT2D eigenvalue weighted by Gasteiger charge is 2.43. The van der Waals surface area contributed by atoms with E-state index in [1.54, 1.807) is 35.0 Å². The molecule has 3 unspecified atom stereocenters. The van der Waals surface area contributed by atoms with Crippen LogP contribution < -0.4 is 26.1 Å². The normalized spacial score (nSPS) is 24.1. The smallest absolute Gasteiger partial charge is 0.263 e. The van der Waals surface area contributed by atoms with Crippen LogP contribution in [0.2, 0.25) is 5.02 Å². The quantitative estimate of drug-likeness (QED) is 0.556. The van der Waals surface area contributed by atoms with Gasteiger partial charge in [-0.1, -0.05) is 11.6 Å².